The normalized spacial score (nSPS) is 22.2. The highest BCUT2D eigenvalue weighted by atomic mass is 35.5. The lowest BCUT2D eigenvalue weighted by molar-refractivity contribution is 0.108. The lowest BCUT2D eigenvalue weighted by Gasteiger charge is -2.19. The zero-order valence-corrected chi connectivity index (χ0v) is 10.1. The molecule has 1 N–H and O–H groups in total. The fourth-order valence-corrected chi connectivity index (χ4v) is 2.31. The molecular weight excluding hydrogens is 222 g/mol. The van der Waals surface area contributed by atoms with Crippen LogP contribution in [0, 0.1) is 0 Å². The van der Waals surface area contributed by atoms with E-state index >= 15 is 0 Å². The molecule has 2 unspecified atom stereocenters. The molecule has 1 aromatic carbocycles. The van der Waals surface area contributed by atoms with Crippen molar-refractivity contribution in [2.75, 3.05) is 19.0 Å². The highest BCUT2D eigenvalue weighted by Gasteiger charge is 2.17. The van der Waals surface area contributed by atoms with Crippen molar-refractivity contribution in [2.24, 2.45) is 0 Å². The van der Waals surface area contributed by atoms with Crippen molar-refractivity contribution < 1.29 is 4.74 Å². The Labute approximate surface area is 102 Å². The average Bonchev–Trinajstić information content (AvgIpc) is 2.84. The topological polar surface area (TPSA) is 21.3 Å². The molecule has 0 aliphatic carbocycles. The van der Waals surface area contributed by atoms with Crippen LogP contribution in [0.1, 0.15) is 24.4 Å². The third kappa shape index (κ3) is 3.21. The van der Waals surface area contributed by atoms with E-state index in [1.807, 2.05) is 18.2 Å². The van der Waals surface area contributed by atoms with Crippen molar-refractivity contribution in [3.63, 3.8) is 0 Å². The van der Waals surface area contributed by atoms with Crippen LogP contribution in [0.5, 0.6) is 0 Å². The predicted octanol–water partition coefficient (Wildman–Crippen LogP) is 2.74. The molecule has 2 nitrogen and oxygen atoms in total. The van der Waals surface area contributed by atoms with Gasteiger partial charge in [-0.25, -0.2) is 0 Å². The van der Waals surface area contributed by atoms with Crippen molar-refractivity contribution in [3.8, 4) is 0 Å². The van der Waals surface area contributed by atoms with Gasteiger partial charge in [-0.05, 0) is 18.4 Å². The van der Waals surface area contributed by atoms with E-state index in [0.29, 0.717) is 12.0 Å². The van der Waals surface area contributed by atoms with Crippen molar-refractivity contribution in [2.45, 2.75) is 25.0 Å². The number of hydrogen-bond acceptors (Lipinski definition) is 2. The first-order valence-electron chi connectivity index (χ1n) is 5.86. The Morgan fingerprint density at radius 3 is 2.81 bits per heavy atom. The number of rotatable bonds is 5. The number of alkyl halides is 1. The van der Waals surface area contributed by atoms with Gasteiger partial charge in [0.2, 0.25) is 0 Å². The van der Waals surface area contributed by atoms with Gasteiger partial charge in [0.15, 0.2) is 0 Å². The Morgan fingerprint density at radius 1 is 1.38 bits per heavy atom. The van der Waals surface area contributed by atoms with Gasteiger partial charge in [0.05, 0.1) is 6.10 Å². The summed E-state index contributed by atoms with van der Waals surface area (Å²) in [7, 11) is 0. The number of ether oxygens (including phenoxy) is 1. The Hall–Kier alpha value is -0.570. The van der Waals surface area contributed by atoms with E-state index < -0.39 is 0 Å². The van der Waals surface area contributed by atoms with Crippen LogP contribution in [0.2, 0.25) is 0 Å². The third-order valence-electron chi connectivity index (χ3n) is 2.97. The van der Waals surface area contributed by atoms with Crippen molar-refractivity contribution in [3.05, 3.63) is 35.9 Å². The van der Waals surface area contributed by atoms with Gasteiger partial charge in [0.1, 0.15) is 0 Å². The molecule has 0 spiro atoms. The molecule has 1 aliphatic rings. The Bertz CT molecular complexity index is 298. The molecule has 1 saturated heterocycles. The van der Waals surface area contributed by atoms with E-state index in [-0.39, 0.29) is 6.04 Å². The molecule has 0 saturated carbocycles. The van der Waals surface area contributed by atoms with Gasteiger partial charge in [0.25, 0.3) is 0 Å². The van der Waals surface area contributed by atoms with Gasteiger partial charge in [-0.15, -0.1) is 11.6 Å². The van der Waals surface area contributed by atoms with Crippen LogP contribution < -0.4 is 5.32 Å². The van der Waals surface area contributed by atoms with Crippen molar-refractivity contribution >= 4 is 11.6 Å². The quantitative estimate of drug-likeness (QED) is 0.798. The van der Waals surface area contributed by atoms with Gasteiger partial charge in [-0.1, -0.05) is 30.3 Å². The molecule has 88 valence electrons. The molecule has 0 aromatic heterocycles. The first kappa shape index (κ1) is 11.9. The number of benzene rings is 1. The SMILES string of the molecule is ClCC(NCC1CCCO1)c1ccccc1. The summed E-state index contributed by atoms with van der Waals surface area (Å²) >= 11 is 5.98. The van der Waals surface area contributed by atoms with Gasteiger partial charge >= 0.3 is 0 Å². The van der Waals surface area contributed by atoms with E-state index in [4.69, 9.17) is 16.3 Å². The summed E-state index contributed by atoms with van der Waals surface area (Å²) in [4.78, 5) is 0. The first-order chi connectivity index (χ1) is 7.90. The summed E-state index contributed by atoms with van der Waals surface area (Å²) in [6, 6.07) is 10.6. The second-order valence-electron chi connectivity index (χ2n) is 4.16. The number of nitrogens with one attached hydrogen (secondary N) is 1. The van der Waals surface area contributed by atoms with E-state index in [2.05, 4.69) is 17.4 Å². The second kappa shape index (κ2) is 6.24. The van der Waals surface area contributed by atoms with Crippen LogP contribution in [0.15, 0.2) is 30.3 Å². The Balaban J connectivity index is 1.85. The second-order valence-corrected chi connectivity index (χ2v) is 4.47. The van der Waals surface area contributed by atoms with Crippen LogP contribution in [0.3, 0.4) is 0 Å². The minimum Gasteiger partial charge on any atom is -0.377 e. The molecule has 0 bridgehead atoms. The van der Waals surface area contributed by atoms with Gasteiger partial charge < -0.3 is 10.1 Å². The standard InChI is InChI=1S/C13H18ClNO/c14-9-13(11-5-2-1-3-6-11)15-10-12-7-4-8-16-12/h1-3,5-6,12-13,15H,4,7-10H2. The minimum absolute atomic E-state index is 0.229. The fourth-order valence-electron chi connectivity index (χ4n) is 2.03. The summed E-state index contributed by atoms with van der Waals surface area (Å²) in [6.07, 6.45) is 2.72. The molecule has 1 heterocycles. The van der Waals surface area contributed by atoms with Crippen LogP contribution in [0.4, 0.5) is 0 Å². The first-order valence-corrected chi connectivity index (χ1v) is 6.39. The maximum absolute atomic E-state index is 5.98. The van der Waals surface area contributed by atoms with Crippen LogP contribution in [-0.2, 0) is 4.74 Å². The third-order valence-corrected chi connectivity index (χ3v) is 3.28. The molecule has 3 heteroatoms. The molecule has 1 aromatic rings. The van der Waals surface area contributed by atoms with Gasteiger partial charge in [0, 0.05) is 25.1 Å². The largest absolute Gasteiger partial charge is 0.377 e. The highest BCUT2D eigenvalue weighted by molar-refractivity contribution is 6.18. The van der Waals surface area contributed by atoms with E-state index in [1.54, 1.807) is 0 Å². The molecule has 1 aliphatic heterocycles. The fraction of sp³-hybridized carbons (Fsp3) is 0.538. The van der Waals surface area contributed by atoms with Crippen molar-refractivity contribution in [1.29, 1.82) is 0 Å². The summed E-state index contributed by atoms with van der Waals surface area (Å²) < 4.78 is 5.58. The molecular formula is C13H18ClNO. The minimum atomic E-state index is 0.229. The van der Waals surface area contributed by atoms with Crippen LogP contribution >= 0.6 is 11.6 Å². The Morgan fingerprint density at radius 2 is 2.19 bits per heavy atom. The monoisotopic (exact) mass is 239 g/mol. The van der Waals surface area contributed by atoms with Gasteiger partial charge in [-0.2, -0.15) is 0 Å². The molecule has 16 heavy (non-hydrogen) atoms. The predicted molar refractivity (Wildman–Crippen MR) is 66.9 cm³/mol. The molecule has 1 fully saturated rings. The Kier molecular flexibility index (Phi) is 4.64. The summed E-state index contributed by atoms with van der Waals surface area (Å²) in [5.41, 5.74) is 1.25. The maximum Gasteiger partial charge on any atom is 0.0700 e. The highest BCUT2D eigenvalue weighted by Crippen LogP contribution is 2.16. The lowest BCUT2D eigenvalue weighted by Crippen LogP contribution is -2.30. The number of hydrogen-bond donors (Lipinski definition) is 1. The smallest absolute Gasteiger partial charge is 0.0700 e. The van der Waals surface area contributed by atoms with E-state index in [1.165, 1.54) is 12.0 Å². The zero-order valence-electron chi connectivity index (χ0n) is 9.36. The molecule has 0 amide bonds. The molecule has 2 rings (SSSR count). The van der Waals surface area contributed by atoms with E-state index in [0.717, 1.165) is 19.6 Å². The van der Waals surface area contributed by atoms with Gasteiger partial charge in [-0.3, -0.25) is 0 Å². The maximum atomic E-state index is 5.98. The number of halogens is 1. The van der Waals surface area contributed by atoms with E-state index in [9.17, 15) is 0 Å². The molecule has 0 radical (unpaired) electrons. The van der Waals surface area contributed by atoms with Crippen molar-refractivity contribution in [1.82, 2.24) is 5.32 Å². The lowest BCUT2D eigenvalue weighted by atomic mass is 10.1. The average molecular weight is 240 g/mol. The summed E-state index contributed by atoms with van der Waals surface area (Å²) in [6.45, 7) is 1.80. The molecule has 2 atom stereocenters. The van der Waals surface area contributed by atoms with Crippen LogP contribution in [-0.4, -0.2) is 25.1 Å². The summed E-state index contributed by atoms with van der Waals surface area (Å²) in [5, 5.41) is 3.47. The zero-order chi connectivity index (χ0) is 11.2. The summed E-state index contributed by atoms with van der Waals surface area (Å²) in [5.74, 6) is 0.594. The van der Waals surface area contributed by atoms with Crippen LogP contribution in [0.25, 0.3) is 0 Å².